The number of hydrogen-bond donors (Lipinski definition) is 0. The predicted molar refractivity (Wildman–Crippen MR) is 260 cm³/mol. The number of anilines is 6. The van der Waals surface area contributed by atoms with Gasteiger partial charge in [0, 0.05) is 45.4 Å². The molecular weight excluding hydrogens is 829 g/mol. The summed E-state index contributed by atoms with van der Waals surface area (Å²) in [6, 6.07) is 47.8. The summed E-state index contributed by atoms with van der Waals surface area (Å²) in [5.41, 5.74) is 8.79. The second-order valence-corrected chi connectivity index (χ2v) is 16.8. The summed E-state index contributed by atoms with van der Waals surface area (Å²) < 4.78 is 65.0. The van der Waals surface area contributed by atoms with Crippen molar-refractivity contribution in [2.45, 2.75) is 27.7 Å². The van der Waals surface area contributed by atoms with Gasteiger partial charge in [-0.2, -0.15) is 5.26 Å². The fraction of sp³-hybridized carbons (Fsp3) is 0.0690. The zero-order chi connectivity index (χ0) is 46.0. The number of benzene rings is 10. The summed E-state index contributed by atoms with van der Waals surface area (Å²) in [6.07, 6.45) is 0. The Bertz CT molecular complexity index is 3420. The minimum Gasteiger partial charge on any atom is -0.307 e. The van der Waals surface area contributed by atoms with E-state index in [-0.39, 0.29) is 22.5 Å². The first-order valence-electron chi connectivity index (χ1n) is 21.3. The lowest BCUT2D eigenvalue weighted by Gasteiger charge is -2.30. The number of hydrogen-bond acceptors (Lipinski definition) is 3. The molecule has 0 aromatic heterocycles. The molecule has 10 aromatic carbocycles. The zero-order valence-corrected chi connectivity index (χ0v) is 36.3. The highest BCUT2D eigenvalue weighted by molar-refractivity contribution is 6.28. The molecule has 0 aliphatic carbocycles. The Labute approximate surface area is 379 Å². The molecule has 0 aliphatic heterocycles. The Hall–Kier alpha value is -8.46. The summed E-state index contributed by atoms with van der Waals surface area (Å²) in [6.45, 7) is 15.3. The molecule has 0 fully saturated rings. The van der Waals surface area contributed by atoms with E-state index in [1.807, 2.05) is 113 Å². The van der Waals surface area contributed by atoms with Gasteiger partial charge >= 0.3 is 0 Å². The summed E-state index contributed by atoms with van der Waals surface area (Å²) in [7, 11) is 0. The monoisotopic (exact) mass is 866 g/mol. The van der Waals surface area contributed by atoms with Gasteiger partial charge in [-0.05, 0) is 132 Å². The second kappa shape index (κ2) is 16.3. The molecule has 0 aliphatic rings. The van der Waals surface area contributed by atoms with Crippen molar-refractivity contribution in [2.24, 2.45) is 0 Å². The smallest absolute Gasteiger partial charge is 0.187 e. The number of rotatable bonds is 8. The first kappa shape index (κ1) is 41.5. The van der Waals surface area contributed by atoms with Crippen LogP contribution in [0.4, 0.5) is 57.4 Å². The van der Waals surface area contributed by atoms with E-state index in [0.717, 1.165) is 66.7 Å². The van der Waals surface area contributed by atoms with Crippen molar-refractivity contribution >= 4 is 72.1 Å². The van der Waals surface area contributed by atoms with Crippen LogP contribution < -0.4 is 9.80 Å². The van der Waals surface area contributed by atoms with Crippen LogP contribution in [-0.2, 0) is 0 Å². The van der Waals surface area contributed by atoms with Gasteiger partial charge in [0.05, 0.1) is 41.0 Å². The summed E-state index contributed by atoms with van der Waals surface area (Å²) in [5.74, 6) is -2.94. The molecule has 0 heterocycles. The Morgan fingerprint density at radius 2 is 0.864 bits per heavy atom. The van der Waals surface area contributed by atoms with E-state index < -0.39 is 23.3 Å². The van der Waals surface area contributed by atoms with Gasteiger partial charge in [0.25, 0.3) is 0 Å². The minimum absolute atomic E-state index is 0.104. The molecule has 0 amide bonds. The van der Waals surface area contributed by atoms with Crippen LogP contribution in [0.2, 0.25) is 0 Å². The molecule has 0 atom stereocenters. The zero-order valence-electron chi connectivity index (χ0n) is 36.3. The standard InChI is InChI=1S/C58H38F4N4/c1-33-6-20-43(35(3)26-33)47-28-55(51(61)30-49(47)59)65(41-16-8-37(32-63)9-17-41)53-24-12-38-11-23-46-54(25-13-39-10-22-45(53)57(38)58(39)46)66(42-18-14-40(64-5)15-19-42)56-29-48(50(60)31-52(56)62)44-21-7-34(2)27-36(44)4/h6-31H,1-4H3. The predicted octanol–water partition coefficient (Wildman–Crippen LogP) is 17.1. The topological polar surface area (TPSA) is 34.6 Å². The Kier molecular flexibility index (Phi) is 10.2. The third-order valence-corrected chi connectivity index (χ3v) is 12.5. The lowest BCUT2D eigenvalue weighted by molar-refractivity contribution is 0.585. The van der Waals surface area contributed by atoms with Gasteiger partial charge in [0.1, 0.15) is 23.3 Å². The maximum Gasteiger partial charge on any atom is 0.187 e. The van der Waals surface area contributed by atoms with Crippen molar-refractivity contribution in [1.29, 1.82) is 5.26 Å². The van der Waals surface area contributed by atoms with Gasteiger partial charge < -0.3 is 9.80 Å². The maximum atomic E-state index is 16.6. The molecule has 0 saturated carbocycles. The highest BCUT2D eigenvalue weighted by Crippen LogP contribution is 2.49. The molecule has 0 N–H and O–H groups in total. The van der Waals surface area contributed by atoms with Crippen molar-refractivity contribution in [2.75, 3.05) is 9.80 Å². The van der Waals surface area contributed by atoms with Crippen LogP contribution in [0.3, 0.4) is 0 Å². The first-order chi connectivity index (χ1) is 31.9. The fourth-order valence-corrected chi connectivity index (χ4v) is 9.40. The molecule has 0 saturated heterocycles. The van der Waals surface area contributed by atoms with Gasteiger partial charge in [0.15, 0.2) is 5.69 Å². The third kappa shape index (κ3) is 7.01. The third-order valence-electron chi connectivity index (χ3n) is 12.5. The van der Waals surface area contributed by atoms with E-state index in [4.69, 9.17) is 6.57 Å². The minimum atomic E-state index is -0.778. The second-order valence-electron chi connectivity index (χ2n) is 16.8. The van der Waals surface area contributed by atoms with Crippen LogP contribution in [0, 0.1) is 68.9 Å². The fourth-order valence-electron chi connectivity index (χ4n) is 9.40. The molecule has 0 radical (unpaired) electrons. The molecule has 0 unspecified atom stereocenters. The van der Waals surface area contributed by atoms with Crippen molar-refractivity contribution in [3.05, 3.63) is 220 Å². The van der Waals surface area contributed by atoms with Crippen LogP contribution in [0.1, 0.15) is 27.8 Å². The van der Waals surface area contributed by atoms with Crippen molar-refractivity contribution in [1.82, 2.24) is 0 Å². The van der Waals surface area contributed by atoms with Gasteiger partial charge in [0.2, 0.25) is 0 Å². The molecule has 8 heteroatoms. The molecule has 66 heavy (non-hydrogen) atoms. The van der Waals surface area contributed by atoms with Crippen LogP contribution in [-0.4, -0.2) is 0 Å². The van der Waals surface area contributed by atoms with E-state index in [1.54, 1.807) is 64.4 Å². The van der Waals surface area contributed by atoms with Crippen molar-refractivity contribution in [3.63, 3.8) is 0 Å². The molecule has 10 aromatic rings. The summed E-state index contributed by atoms with van der Waals surface area (Å²) in [4.78, 5) is 7.09. The first-order valence-corrected chi connectivity index (χ1v) is 21.3. The van der Waals surface area contributed by atoms with Crippen LogP contribution in [0.5, 0.6) is 0 Å². The highest BCUT2D eigenvalue weighted by atomic mass is 19.1. The van der Waals surface area contributed by atoms with E-state index in [0.29, 0.717) is 45.1 Å². The molecular formula is C58H38F4N4. The van der Waals surface area contributed by atoms with E-state index >= 15 is 17.6 Å². The van der Waals surface area contributed by atoms with Crippen LogP contribution in [0.15, 0.2) is 158 Å². The number of nitrogens with zero attached hydrogens (tertiary/aromatic N) is 4. The van der Waals surface area contributed by atoms with E-state index in [9.17, 15) is 5.26 Å². The lowest BCUT2D eigenvalue weighted by Crippen LogP contribution is -2.14. The van der Waals surface area contributed by atoms with Crippen molar-refractivity contribution in [3.8, 4) is 28.3 Å². The van der Waals surface area contributed by atoms with Crippen LogP contribution in [0.25, 0.3) is 59.4 Å². The molecule has 10 rings (SSSR count). The van der Waals surface area contributed by atoms with E-state index in [2.05, 4.69) is 10.9 Å². The quantitative estimate of drug-likeness (QED) is 0.0867. The largest absolute Gasteiger partial charge is 0.307 e. The van der Waals surface area contributed by atoms with Gasteiger partial charge in [-0.15, -0.1) is 0 Å². The molecule has 4 nitrogen and oxygen atoms in total. The van der Waals surface area contributed by atoms with E-state index in [1.165, 1.54) is 6.07 Å². The Morgan fingerprint density at radius 1 is 0.439 bits per heavy atom. The van der Waals surface area contributed by atoms with Gasteiger partial charge in [-0.3, -0.25) is 0 Å². The number of nitriles is 1. The highest BCUT2D eigenvalue weighted by Gasteiger charge is 2.27. The molecule has 0 spiro atoms. The number of aryl methyl sites for hydroxylation is 4. The Balaban J connectivity index is 1.23. The SMILES string of the molecule is [C-]#[N+]c1ccc(N(c2cc(-c3ccc(C)cc3C)c(F)cc2F)c2ccc3ccc4c(N(c5ccc(C#N)cc5)c5cc(-c6ccc(C)cc6C)c(F)cc5F)ccc5ccc2c3c54)cc1. The van der Waals surface area contributed by atoms with Crippen LogP contribution >= 0.6 is 0 Å². The average Bonchev–Trinajstić information content (AvgIpc) is 3.31. The summed E-state index contributed by atoms with van der Waals surface area (Å²) in [5, 5.41) is 14.7. The van der Waals surface area contributed by atoms with Gasteiger partial charge in [-0.1, -0.05) is 96.1 Å². The van der Waals surface area contributed by atoms with Gasteiger partial charge in [-0.25, -0.2) is 22.4 Å². The number of halogens is 4. The average molecular weight is 867 g/mol. The normalized spacial score (nSPS) is 11.3. The lowest BCUT2D eigenvalue weighted by atomic mass is 9.91. The molecule has 0 bridgehead atoms. The maximum absolute atomic E-state index is 16.6. The summed E-state index contributed by atoms with van der Waals surface area (Å²) >= 11 is 0. The van der Waals surface area contributed by atoms with Crippen molar-refractivity contribution < 1.29 is 17.6 Å². The Morgan fingerprint density at radius 3 is 1.27 bits per heavy atom. The molecule has 318 valence electrons.